The van der Waals surface area contributed by atoms with Crippen molar-refractivity contribution < 1.29 is 0 Å². The molecule has 0 aliphatic heterocycles. The zero-order valence-corrected chi connectivity index (χ0v) is 8.60. The summed E-state index contributed by atoms with van der Waals surface area (Å²) in [4.78, 5) is 0. The molecule has 0 radical (unpaired) electrons. The summed E-state index contributed by atoms with van der Waals surface area (Å²) in [5.74, 6) is 0.595. The van der Waals surface area contributed by atoms with E-state index in [4.69, 9.17) is 11.6 Å². The molecule has 0 saturated carbocycles. The van der Waals surface area contributed by atoms with E-state index >= 15 is 0 Å². The monoisotopic (exact) mass is 185 g/mol. The Bertz CT molecular complexity index is 204. The summed E-state index contributed by atoms with van der Waals surface area (Å²) < 4.78 is 0. The third kappa shape index (κ3) is 3.74. The van der Waals surface area contributed by atoms with Crippen molar-refractivity contribution in [2.75, 3.05) is 7.05 Å². The quantitative estimate of drug-likeness (QED) is 0.715. The lowest BCUT2D eigenvalue weighted by molar-refractivity contribution is 0.867. The summed E-state index contributed by atoms with van der Waals surface area (Å²) in [7, 11) is 1.50. The molecule has 0 spiro atoms. The van der Waals surface area contributed by atoms with Gasteiger partial charge in [-0.3, -0.25) is 0 Å². The molecule has 0 heterocycles. The maximum Gasteiger partial charge on any atom is 0.0406 e. The van der Waals surface area contributed by atoms with E-state index in [0.717, 1.165) is 5.02 Å². The van der Waals surface area contributed by atoms with Crippen LogP contribution in [0, 0.1) is 0 Å². The van der Waals surface area contributed by atoms with Crippen LogP contribution in [-0.4, -0.2) is 7.05 Å². The third-order valence-corrected chi connectivity index (χ3v) is 1.79. The molecule has 12 heavy (non-hydrogen) atoms. The SMILES string of the molecule is CC(C)c1ccc(Cl)cc1.CN. The van der Waals surface area contributed by atoms with Gasteiger partial charge in [-0.15, -0.1) is 0 Å². The molecule has 0 fully saturated rings. The standard InChI is InChI=1S/C9H11Cl.CH5N/c1-7(2)8-3-5-9(10)6-4-8;1-2/h3-7H,1-2H3;2H2,1H3. The zero-order valence-electron chi connectivity index (χ0n) is 7.84. The molecule has 1 aromatic rings. The highest BCUT2D eigenvalue weighted by atomic mass is 35.5. The second-order valence-electron chi connectivity index (χ2n) is 2.71. The van der Waals surface area contributed by atoms with E-state index in [-0.39, 0.29) is 0 Å². The first kappa shape index (κ1) is 11.5. The van der Waals surface area contributed by atoms with Crippen LogP contribution in [0.15, 0.2) is 24.3 Å². The molecule has 2 N–H and O–H groups in total. The van der Waals surface area contributed by atoms with E-state index in [1.807, 2.05) is 12.1 Å². The van der Waals surface area contributed by atoms with Gasteiger partial charge in [0.2, 0.25) is 0 Å². The van der Waals surface area contributed by atoms with Crippen molar-refractivity contribution >= 4 is 11.6 Å². The molecule has 1 nitrogen and oxygen atoms in total. The van der Waals surface area contributed by atoms with Crippen molar-refractivity contribution in [3.8, 4) is 0 Å². The van der Waals surface area contributed by atoms with Crippen molar-refractivity contribution in [2.45, 2.75) is 19.8 Å². The fourth-order valence-corrected chi connectivity index (χ4v) is 0.974. The molecule has 0 aliphatic carbocycles. The van der Waals surface area contributed by atoms with Crippen LogP contribution in [0.5, 0.6) is 0 Å². The predicted molar refractivity (Wildman–Crippen MR) is 55.7 cm³/mol. The van der Waals surface area contributed by atoms with Gasteiger partial charge in [0, 0.05) is 5.02 Å². The molecule has 0 aromatic heterocycles. The van der Waals surface area contributed by atoms with Crippen LogP contribution in [-0.2, 0) is 0 Å². The average molecular weight is 186 g/mol. The lowest BCUT2D eigenvalue weighted by Gasteiger charge is -2.03. The number of benzene rings is 1. The Hall–Kier alpha value is -0.530. The number of hydrogen-bond donors (Lipinski definition) is 1. The molecule has 0 bridgehead atoms. The minimum Gasteiger partial charge on any atom is -0.333 e. The van der Waals surface area contributed by atoms with Gasteiger partial charge in [-0.05, 0) is 30.7 Å². The number of nitrogens with two attached hydrogens (primary N) is 1. The summed E-state index contributed by atoms with van der Waals surface area (Å²) in [6, 6.07) is 7.98. The van der Waals surface area contributed by atoms with E-state index in [2.05, 4.69) is 31.7 Å². The van der Waals surface area contributed by atoms with E-state index in [1.165, 1.54) is 12.6 Å². The third-order valence-electron chi connectivity index (χ3n) is 1.54. The summed E-state index contributed by atoms with van der Waals surface area (Å²) in [6.45, 7) is 4.34. The minimum absolute atomic E-state index is 0.595. The Morgan fingerprint density at radius 3 is 1.83 bits per heavy atom. The van der Waals surface area contributed by atoms with Crippen molar-refractivity contribution in [2.24, 2.45) is 5.73 Å². The largest absolute Gasteiger partial charge is 0.333 e. The molecule has 0 saturated heterocycles. The highest BCUT2D eigenvalue weighted by molar-refractivity contribution is 6.30. The second kappa shape index (κ2) is 6.04. The van der Waals surface area contributed by atoms with Gasteiger partial charge in [-0.2, -0.15) is 0 Å². The van der Waals surface area contributed by atoms with Crippen LogP contribution in [0.1, 0.15) is 25.3 Å². The molecule has 68 valence electrons. The van der Waals surface area contributed by atoms with Crippen LogP contribution in [0.25, 0.3) is 0 Å². The lowest BCUT2D eigenvalue weighted by atomic mass is 10.0. The van der Waals surface area contributed by atoms with E-state index in [9.17, 15) is 0 Å². The smallest absolute Gasteiger partial charge is 0.0406 e. The molecular formula is C10H16ClN. The van der Waals surface area contributed by atoms with Gasteiger partial charge in [0.05, 0.1) is 0 Å². The van der Waals surface area contributed by atoms with Gasteiger partial charge in [0.15, 0.2) is 0 Å². The topological polar surface area (TPSA) is 26.0 Å². The van der Waals surface area contributed by atoms with Gasteiger partial charge in [-0.1, -0.05) is 37.6 Å². The molecule has 1 rings (SSSR count). The first-order chi connectivity index (χ1) is 5.70. The van der Waals surface area contributed by atoms with Crippen molar-refractivity contribution in [3.05, 3.63) is 34.9 Å². The lowest BCUT2D eigenvalue weighted by Crippen LogP contribution is -1.84. The zero-order chi connectivity index (χ0) is 9.56. The number of rotatable bonds is 1. The van der Waals surface area contributed by atoms with Crippen LogP contribution in [0.4, 0.5) is 0 Å². The predicted octanol–water partition coefficient (Wildman–Crippen LogP) is 3.04. The first-order valence-corrected chi connectivity index (χ1v) is 4.41. The van der Waals surface area contributed by atoms with Gasteiger partial charge in [0.25, 0.3) is 0 Å². The fourth-order valence-electron chi connectivity index (χ4n) is 0.848. The second-order valence-corrected chi connectivity index (χ2v) is 3.14. The van der Waals surface area contributed by atoms with Crippen LogP contribution in [0.2, 0.25) is 5.02 Å². The van der Waals surface area contributed by atoms with E-state index in [0.29, 0.717) is 5.92 Å². The molecule has 1 aromatic carbocycles. The Morgan fingerprint density at radius 2 is 1.50 bits per heavy atom. The number of halogens is 1. The minimum atomic E-state index is 0.595. The number of hydrogen-bond acceptors (Lipinski definition) is 1. The van der Waals surface area contributed by atoms with Crippen molar-refractivity contribution in [1.82, 2.24) is 0 Å². The maximum atomic E-state index is 5.72. The summed E-state index contributed by atoms with van der Waals surface area (Å²) in [5.41, 5.74) is 5.84. The van der Waals surface area contributed by atoms with E-state index < -0.39 is 0 Å². The Kier molecular flexibility index (Phi) is 5.77. The maximum absolute atomic E-state index is 5.72. The molecule has 0 aliphatic rings. The molecule has 0 unspecified atom stereocenters. The normalized spacial score (nSPS) is 9.17. The summed E-state index contributed by atoms with van der Waals surface area (Å²) >= 11 is 5.72. The van der Waals surface area contributed by atoms with Crippen LogP contribution in [0.3, 0.4) is 0 Å². The fraction of sp³-hybridized carbons (Fsp3) is 0.400. The average Bonchev–Trinajstić information content (AvgIpc) is 2.09. The highest BCUT2D eigenvalue weighted by Gasteiger charge is 1.96. The molecule has 2 heteroatoms. The molecular weight excluding hydrogens is 170 g/mol. The Labute approximate surface area is 79.5 Å². The summed E-state index contributed by atoms with van der Waals surface area (Å²) in [6.07, 6.45) is 0. The first-order valence-electron chi connectivity index (χ1n) is 4.03. The Morgan fingerprint density at radius 1 is 1.08 bits per heavy atom. The highest BCUT2D eigenvalue weighted by Crippen LogP contribution is 2.16. The summed E-state index contributed by atoms with van der Waals surface area (Å²) in [5, 5.41) is 0.810. The van der Waals surface area contributed by atoms with Gasteiger partial charge < -0.3 is 5.73 Å². The van der Waals surface area contributed by atoms with Crippen LogP contribution >= 0.6 is 11.6 Å². The molecule has 0 atom stereocenters. The van der Waals surface area contributed by atoms with E-state index in [1.54, 1.807) is 0 Å². The van der Waals surface area contributed by atoms with Gasteiger partial charge in [0.1, 0.15) is 0 Å². The van der Waals surface area contributed by atoms with Crippen LogP contribution < -0.4 is 5.73 Å². The Balaban J connectivity index is 0.000000561. The van der Waals surface area contributed by atoms with Crippen molar-refractivity contribution in [3.63, 3.8) is 0 Å². The van der Waals surface area contributed by atoms with Crippen molar-refractivity contribution in [1.29, 1.82) is 0 Å². The van der Waals surface area contributed by atoms with Gasteiger partial charge in [-0.25, -0.2) is 0 Å². The molecule has 0 amide bonds. The van der Waals surface area contributed by atoms with Gasteiger partial charge >= 0.3 is 0 Å².